The summed E-state index contributed by atoms with van der Waals surface area (Å²) in [6, 6.07) is 8.83. The number of fused-ring (bicyclic) bond motifs is 1. The van der Waals surface area contributed by atoms with Crippen LogP contribution in [0.25, 0.3) is 0 Å². The molecule has 3 rings (SSSR count). The largest absolute Gasteiger partial charge is 0.323 e. The van der Waals surface area contributed by atoms with Crippen molar-refractivity contribution in [2.75, 3.05) is 0 Å². The lowest BCUT2D eigenvalue weighted by molar-refractivity contribution is 0.731. The van der Waals surface area contributed by atoms with Crippen LogP contribution in [0.3, 0.4) is 0 Å². The van der Waals surface area contributed by atoms with Crippen LogP contribution in [0.15, 0.2) is 24.3 Å². The smallest absolute Gasteiger partial charge is 0.0969 e. The normalized spacial score (nSPS) is 16.8. The van der Waals surface area contributed by atoms with Crippen molar-refractivity contribution in [3.05, 3.63) is 51.0 Å². The molecule has 1 aliphatic carbocycles. The molecule has 1 aromatic carbocycles. The molecule has 94 valence electrons. The summed E-state index contributed by atoms with van der Waals surface area (Å²) >= 11 is 1.80. The van der Waals surface area contributed by atoms with Gasteiger partial charge in [0.2, 0.25) is 0 Å². The molecule has 1 atom stereocenters. The van der Waals surface area contributed by atoms with Crippen LogP contribution >= 0.6 is 11.3 Å². The first-order chi connectivity index (χ1) is 8.65. The van der Waals surface area contributed by atoms with E-state index in [4.69, 9.17) is 10.7 Å². The maximum Gasteiger partial charge on any atom is 0.0969 e. The zero-order valence-corrected chi connectivity index (χ0v) is 11.6. The highest BCUT2D eigenvalue weighted by molar-refractivity contribution is 7.11. The van der Waals surface area contributed by atoms with Crippen molar-refractivity contribution in [2.45, 2.75) is 38.6 Å². The Labute approximate surface area is 112 Å². The summed E-state index contributed by atoms with van der Waals surface area (Å²) in [5, 5.41) is 1.26. The van der Waals surface area contributed by atoms with Crippen LogP contribution in [-0.2, 0) is 12.8 Å². The third-order valence-corrected chi connectivity index (χ3v) is 5.18. The first-order valence-electron chi connectivity index (χ1n) is 6.44. The highest BCUT2D eigenvalue weighted by atomic mass is 32.1. The standard InChI is InChI=1S/C15H18N2S/c1-9(16)14-10(2)17-15(18-14)13-7-11-5-3-4-6-12(11)8-13/h3-6,9,13H,7-8,16H2,1-2H3. The average Bonchev–Trinajstić information content (AvgIpc) is 2.91. The van der Waals surface area contributed by atoms with E-state index in [9.17, 15) is 0 Å². The Hall–Kier alpha value is -1.19. The summed E-state index contributed by atoms with van der Waals surface area (Å²) in [6.07, 6.45) is 2.25. The van der Waals surface area contributed by atoms with Gasteiger partial charge in [0, 0.05) is 16.8 Å². The van der Waals surface area contributed by atoms with E-state index in [1.807, 2.05) is 6.92 Å². The van der Waals surface area contributed by atoms with Crippen LogP contribution in [0.1, 0.15) is 45.6 Å². The van der Waals surface area contributed by atoms with Gasteiger partial charge in [0.05, 0.1) is 10.7 Å². The molecule has 1 aromatic heterocycles. The van der Waals surface area contributed by atoms with Crippen molar-refractivity contribution in [1.82, 2.24) is 4.98 Å². The maximum absolute atomic E-state index is 5.98. The number of hydrogen-bond acceptors (Lipinski definition) is 3. The van der Waals surface area contributed by atoms with E-state index in [0.717, 1.165) is 18.5 Å². The van der Waals surface area contributed by atoms with Gasteiger partial charge in [-0.15, -0.1) is 11.3 Å². The van der Waals surface area contributed by atoms with Gasteiger partial charge in [0.25, 0.3) is 0 Å². The average molecular weight is 258 g/mol. The number of rotatable bonds is 2. The van der Waals surface area contributed by atoms with Crippen molar-refractivity contribution >= 4 is 11.3 Å². The molecule has 1 aliphatic rings. The van der Waals surface area contributed by atoms with Gasteiger partial charge < -0.3 is 5.73 Å². The van der Waals surface area contributed by atoms with Crippen LogP contribution in [0.5, 0.6) is 0 Å². The minimum atomic E-state index is 0.0972. The van der Waals surface area contributed by atoms with Crippen molar-refractivity contribution in [2.24, 2.45) is 5.73 Å². The number of aryl methyl sites for hydroxylation is 1. The molecule has 1 unspecified atom stereocenters. The van der Waals surface area contributed by atoms with Crippen LogP contribution in [-0.4, -0.2) is 4.98 Å². The van der Waals surface area contributed by atoms with Gasteiger partial charge in [0.15, 0.2) is 0 Å². The highest BCUT2D eigenvalue weighted by Crippen LogP contribution is 2.37. The molecule has 0 radical (unpaired) electrons. The second-order valence-electron chi connectivity index (χ2n) is 5.16. The number of nitrogens with two attached hydrogens (primary N) is 1. The van der Waals surface area contributed by atoms with Gasteiger partial charge in [-0.2, -0.15) is 0 Å². The highest BCUT2D eigenvalue weighted by Gasteiger charge is 2.26. The number of hydrogen-bond donors (Lipinski definition) is 1. The van der Waals surface area contributed by atoms with Gasteiger partial charge in [-0.25, -0.2) is 4.98 Å². The van der Waals surface area contributed by atoms with E-state index >= 15 is 0 Å². The Morgan fingerprint density at radius 2 is 1.89 bits per heavy atom. The molecule has 2 nitrogen and oxygen atoms in total. The van der Waals surface area contributed by atoms with Gasteiger partial charge in [-0.05, 0) is 37.8 Å². The van der Waals surface area contributed by atoms with Gasteiger partial charge in [-0.3, -0.25) is 0 Å². The van der Waals surface area contributed by atoms with E-state index in [-0.39, 0.29) is 6.04 Å². The summed E-state index contributed by atoms with van der Waals surface area (Å²) in [7, 11) is 0. The summed E-state index contributed by atoms with van der Waals surface area (Å²) < 4.78 is 0. The third-order valence-electron chi connectivity index (χ3n) is 3.66. The molecule has 3 heteroatoms. The van der Waals surface area contributed by atoms with Gasteiger partial charge in [0.1, 0.15) is 0 Å². The molecule has 0 saturated carbocycles. The zero-order valence-electron chi connectivity index (χ0n) is 10.8. The summed E-state index contributed by atoms with van der Waals surface area (Å²) in [5.41, 5.74) is 10.1. The topological polar surface area (TPSA) is 38.9 Å². The molecule has 0 aliphatic heterocycles. The molecular weight excluding hydrogens is 240 g/mol. The Balaban J connectivity index is 1.88. The molecule has 0 amide bonds. The van der Waals surface area contributed by atoms with Crippen molar-refractivity contribution in [3.8, 4) is 0 Å². The Kier molecular flexibility index (Phi) is 2.96. The van der Waals surface area contributed by atoms with Crippen LogP contribution < -0.4 is 5.73 Å². The van der Waals surface area contributed by atoms with E-state index in [1.165, 1.54) is 21.0 Å². The second kappa shape index (κ2) is 4.48. The molecule has 2 N–H and O–H groups in total. The molecular formula is C15H18N2S. The maximum atomic E-state index is 5.98. The fourth-order valence-electron chi connectivity index (χ4n) is 2.76. The fraction of sp³-hybridized carbons (Fsp3) is 0.400. The predicted octanol–water partition coefficient (Wildman–Crippen LogP) is 3.35. The molecule has 18 heavy (non-hydrogen) atoms. The SMILES string of the molecule is Cc1nc(C2Cc3ccccc3C2)sc1C(C)N. The predicted molar refractivity (Wildman–Crippen MR) is 76.0 cm³/mol. The molecule has 2 aromatic rings. The number of nitrogens with zero attached hydrogens (tertiary/aromatic N) is 1. The summed E-state index contributed by atoms with van der Waals surface area (Å²) in [6.45, 7) is 4.11. The summed E-state index contributed by atoms with van der Waals surface area (Å²) in [4.78, 5) is 5.97. The Morgan fingerprint density at radius 1 is 1.28 bits per heavy atom. The van der Waals surface area contributed by atoms with E-state index < -0.39 is 0 Å². The summed E-state index contributed by atoms with van der Waals surface area (Å²) in [5.74, 6) is 0.554. The van der Waals surface area contributed by atoms with E-state index in [1.54, 1.807) is 11.3 Å². The van der Waals surface area contributed by atoms with Crippen LogP contribution in [0.4, 0.5) is 0 Å². The van der Waals surface area contributed by atoms with Crippen molar-refractivity contribution < 1.29 is 0 Å². The monoisotopic (exact) mass is 258 g/mol. The minimum absolute atomic E-state index is 0.0972. The van der Waals surface area contributed by atoms with Gasteiger partial charge in [-0.1, -0.05) is 24.3 Å². The van der Waals surface area contributed by atoms with E-state index in [0.29, 0.717) is 5.92 Å². The first-order valence-corrected chi connectivity index (χ1v) is 7.26. The molecule has 0 saturated heterocycles. The van der Waals surface area contributed by atoms with Crippen molar-refractivity contribution in [3.63, 3.8) is 0 Å². The zero-order chi connectivity index (χ0) is 12.7. The third kappa shape index (κ3) is 1.98. The minimum Gasteiger partial charge on any atom is -0.323 e. The quantitative estimate of drug-likeness (QED) is 0.897. The van der Waals surface area contributed by atoms with E-state index in [2.05, 4.69) is 31.2 Å². The van der Waals surface area contributed by atoms with Crippen molar-refractivity contribution in [1.29, 1.82) is 0 Å². The lowest BCUT2D eigenvalue weighted by Crippen LogP contribution is -2.03. The van der Waals surface area contributed by atoms with Crippen LogP contribution in [0.2, 0.25) is 0 Å². The number of aromatic nitrogens is 1. The van der Waals surface area contributed by atoms with Crippen LogP contribution in [0, 0.1) is 6.92 Å². The molecule has 1 heterocycles. The fourth-order valence-corrected chi connectivity index (χ4v) is 3.88. The molecule has 0 spiro atoms. The first kappa shape index (κ1) is 11.9. The molecule has 0 bridgehead atoms. The lowest BCUT2D eigenvalue weighted by Gasteiger charge is -2.03. The lowest BCUT2D eigenvalue weighted by atomic mass is 10.1. The second-order valence-corrected chi connectivity index (χ2v) is 6.23. The molecule has 0 fully saturated rings. The Morgan fingerprint density at radius 3 is 2.39 bits per heavy atom. The number of benzene rings is 1. The van der Waals surface area contributed by atoms with Gasteiger partial charge >= 0.3 is 0 Å². The Bertz CT molecular complexity index is 547. The number of thiazole rings is 1.